The highest BCUT2D eigenvalue weighted by molar-refractivity contribution is 4.70. The molecule has 0 radical (unpaired) electrons. The molecule has 0 aliphatic heterocycles. The minimum absolute atomic E-state index is 0.519. The number of unbranched alkanes of at least 4 members (excludes halogenated alkanes) is 6. The summed E-state index contributed by atoms with van der Waals surface area (Å²) in [5.74, 6) is 0. The maximum absolute atomic E-state index is 3.53. The van der Waals surface area contributed by atoms with Crippen molar-refractivity contribution in [2.75, 3.05) is 6.54 Å². The molecule has 18 heavy (non-hydrogen) atoms. The largest absolute Gasteiger partial charge is 0.315 e. The van der Waals surface area contributed by atoms with Gasteiger partial charge in [-0.1, -0.05) is 79.6 Å². The molecule has 0 saturated carbocycles. The molecule has 1 nitrogen and oxygen atoms in total. The zero-order valence-electron chi connectivity index (χ0n) is 13.6. The van der Waals surface area contributed by atoms with E-state index in [0.717, 1.165) is 0 Å². The molecule has 0 bridgehead atoms. The zero-order valence-corrected chi connectivity index (χ0v) is 13.6. The second-order valence-electron chi connectivity index (χ2n) is 6.89. The van der Waals surface area contributed by atoms with Gasteiger partial charge in [-0.05, 0) is 24.8 Å². The van der Waals surface area contributed by atoms with Crippen molar-refractivity contribution in [3.05, 3.63) is 0 Å². The minimum Gasteiger partial charge on any atom is -0.315 e. The van der Waals surface area contributed by atoms with Gasteiger partial charge in [-0.15, -0.1) is 0 Å². The van der Waals surface area contributed by atoms with Gasteiger partial charge in [0.15, 0.2) is 0 Å². The summed E-state index contributed by atoms with van der Waals surface area (Å²) in [5, 5.41) is 3.53. The van der Waals surface area contributed by atoms with E-state index in [1.807, 2.05) is 0 Å². The standard InChI is InChI=1S/C17H37N/c1-6-7-8-9-10-11-12-13-17(4,5)14-15-18-16(2)3/h16,18H,6-15H2,1-5H3. The van der Waals surface area contributed by atoms with Gasteiger partial charge in [0, 0.05) is 6.04 Å². The van der Waals surface area contributed by atoms with Crippen molar-refractivity contribution in [2.24, 2.45) is 5.41 Å². The molecule has 0 aromatic carbocycles. The smallest absolute Gasteiger partial charge is 0.00103 e. The maximum Gasteiger partial charge on any atom is 0.00103 e. The zero-order chi connectivity index (χ0) is 13.9. The molecular formula is C17H37N. The summed E-state index contributed by atoms with van der Waals surface area (Å²) in [4.78, 5) is 0. The number of rotatable bonds is 12. The molecule has 0 fully saturated rings. The van der Waals surface area contributed by atoms with E-state index in [2.05, 4.69) is 39.9 Å². The second-order valence-corrected chi connectivity index (χ2v) is 6.89. The Morgan fingerprint density at radius 3 is 1.94 bits per heavy atom. The van der Waals surface area contributed by atoms with Crippen molar-refractivity contribution < 1.29 is 0 Å². The molecule has 0 aliphatic rings. The van der Waals surface area contributed by atoms with Crippen LogP contribution in [0.2, 0.25) is 0 Å². The topological polar surface area (TPSA) is 12.0 Å². The van der Waals surface area contributed by atoms with Crippen molar-refractivity contribution in [3.8, 4) is 0 Å². The molecule has 1 N–H and O–H groups in total. The van der Waals surface area contributed by atoms with E-state index in [-0.39, 0.29) is 0 Å². The molecule has 0 saturated heterocycles. The monoisotopic (exact) mass is 255 g/mol. The van der Waals surface area contributed by atoms with Crippen LogP contribution in [0.15, 0.2) is 0 Å². The van der Waals surface area contributed by atoms with Gasteiger partial charge in [0.05, 0.1) is 0 Å². The summed E-state index contributed by atoms with van der Waals surface area (Å²) in [5.41, 5.74) is 0.519. The number of nitrogens with one attached hydrogen (secondary N) is 1. The van der Waals surface area contributed by atoms with Crippen molar-refractivity contribution in [1.82, 2.24) is 5.32 Å². The average Bonchev–Trinajstić information content (AvgIpc) is 2.27. The first-order valence-corrected chi connectivity index (χ1v) is 8.21. The van der Waals surface area contributed by atoms with Crippen LogP contribution in [0.4, 0.5) is 0 Å². The highest BCUT2D eigenvalue weighted by atomic mass is 14.9. The third kappa shape index (κ3) is 12.4. The molecule has 0 rings (SSSR count). The van der Waals surface area contributed by atoms with E-state index in [9.17, 15) is 0 Å². The fourth-order valence-corrected chi connectivity index (χ4v) is 2.38. The predicted octanol–water partition coefficient (Wildman–Crippen LogP) is 5.54. The fraction of sp³-hybridized carbons (Fsp3) is 1.00. The van der Waals surface area contributed by atoms with E-state index in [0.29, 0.717) is 11.5 Å². The van der Waals surface area contributed by atoms with Crippen molar-refractivity contribution in [2.45, 2.75) is 98.4 Å². The summed E-state index contributed by atoms with van der Waals surface area (Å²) in [7, 11) is 0. The Balaban J connectivity index is 3.40. The number of hydrogen-bond acceptors (Lipinski definition) is 1. The van der Waals surface area contributed by atoms with Gasteiger partial charge in [0.1, 0.15) is 0 Å². The fourth-order valence-electron chi connectivity index (χ4n) is 2.38. The van der Waals surface area contributed by atoms with Gasteiger partial charge >= 0.3 is 0 Å². The highest BCUT2D eigenvalue weighted by Crippen LogP contribution is 2.27. The summed E-state index contributed by atoms with van der Waals surface area (Å²) in [6.07, 6.45) is 12.7. The lowest BCUT2D eigenvalue weighted by Gasteiger charge is -2.25. The van der Waals surface area contributed by atoms with Crippen LogP contribution in [0.5, 0.6) is 0 Å². The van der Waals surface area contributed by atoms with Gasteiger partial charge < -0.3 is 5.32 Å². The Bertz CT molecular complexity index is 172. The lowest BCUT2D eigenvalue weighted by molar-refractivity contribution is 0.286. The van der Waals surface area contributed by atoms with Crippen LogP contribution in [0.3, 0.4) is 0 Å². The molecule has 0 atom stereocenters. The first-order valence-electron chi connectivity index (χ1n) is 8.21. The van der Waals surface area contributed by atoms with Crippen LogP contribution in [0.1, 0.15) is 92.4 Å². The molecule has 0 spiro atoms. The van der Waals surface area contributed by atoms with E-state index >= 15 is 0 Å². The first-order chi connectivity index (χ1) is 8.48. The molecule has 110 valence electrons. The molecule has 0 aromatic heterocycles. The lowest BCUT2D eigenvalue weighted by atomic mass is 9.83. The van der Waals surface area contributed by atoms with Crippen molar-refractivity contribution >= 4 is 0 Å². The number of hydrogen-bond donors (Lipinski definition) is 1. The van der Waals surface area contributed by atoms with Crippen molar-refractivity contribution in [3.63, 3.8) is 0 Å². The summed E-state index contributed by atoms with van der Waals surface area (Å²) < 4.78 is 0. The van der Waals surface area contributed by atoms with Crippen LogP contribution in [-0.2, 0) is 0 Å². The molecule has 0 aromatic rings. The maximum atomic E-state index is 3.53. The van der Waals surface area contributed by atoms with E-state index in [1.54, 1.807) is 0 Å². The van der Waals surface area contributed by atoms with Gasteiger partial charge in [-0.25, -0.2) is 0 Å². The lowest BCUT2D eigenvalue weighted by Crippen LogP contribution is -2.27. The SMILES string of the molecule is CCCCCCCCCC(C)(C)CCNC(C)C. The minimum atomic E-state index is 0.519. The van der Waals surface area contributed by atoms with Crippen LogP contribution in [-0.4, -0.2) is 12.6 Å². The quantitative estimate of drug-likeness (QED) is 0.451. The van der Waals surface area contributed by atoms with Crippen LogP contribution < -0.4 is 5.32 Å². The van der Waals surface area contributed by atoms with Crippen LogP contribution in [0, 0.1) is 5.41 Å². The predicted molar refractivity (Wildman–Crippen MR) is 84.1 cm³/mol. The average molecular weight is 255 g/mol. The van der Waals surface area contributed by atoms with Gasteiger partial charge in [0.2, 0.25) is 0 Å². The Morgan fingerprint density at radius 2 is 1.39 bits per heavy atom. The third-order valence-corrected chi connectivity index (χ3v) is 3.81. The van der Waals surface area contributed by atoms with Crippen LogP contribution in [0.25, 0.3) is 0 Å². The third-order valence-electron chi connectivity index (χ3n) is 3.81. The molecule has 0 aliphatic carbocycles. The van der Waals surface area contributed by atoms with Gasteiger partial charge in [-0.3, -0.25) is 0 Å². The Labute approximate surface area is 116 Å². The Morgan fingerprint density at radius 1 is 0.833 bits per heavy atom. The summed E-state index contributed by atoms with van der Waals surface area (Å²) in [6, 6.07) is 0.624. The Kier molecular flexibility index (Phi) is 10.8. The van der Waals surface area contributed by atoms with E-state index < -0.39 is 0 Å². The molecule has 0 amide bonds. The van der Waals surface area contributed by atoms with Crippen LogP contribution >= 0.6 is 0 Å². The van der Waals surface area contributed by atoms with Gasteiger partial charge in [-0.2, -0.15) is 0 Å². The highest BCUT2D eigenvalue weighted by Gasteiger charge is 2.16. The van der Waals surface area contributed by atoms with E-state index in [1.165, 1.54) is 64.3 Å². The molecule has 0 unspecified atom stereocenters. The molecular weight excluding hydrogens is 218 g/mol. The second kappa shape index (κ2) is 10.8. The summed E-state index contributed by atoms with van der Waals surface area (Å²) in [6.45, 7) is 12.7. The van der Waals surface area contributed by atoms with E-state index in [4.69, 9.17) is 0 Å². The summed E-state index contributed by atoms with van der Waals surface area (Å²) >= 11 is 0. The molecule has 1 heteroatoms. The molecule has 0 heterocycles. The van der Waals surface area contributed by atoms with Gasteiger partial charge in [0.25, 0.3) is 0 Å². The Hall–Kier alpha value is -0.0400. The normalized spacial score (nSPS) is 12.3. The first kappa shape index (κ1) is 18.0. The van der Waals surface area contributed by atoms with Crippen molar-refractivity contribution in [1.29, 1.82) is 0 Å².